The Morgan fingerprint density at radius 2 is 2.10 bits per heavy atom. The number of furan rings is 1. The second-order valence-corrected chi connectivity index (χ2v) is 4.75. The van der Waals surface area contributed by atoms with Crippen molar-refractivity contribution in [3.8, 4) is 11.3 Å². The lowest BCUT2D eigenvalue weighted by Crippen LogP contribution is -2.26. The number of halogens is 1. The molecule has 2 rings (SSSR count). The van der Waals surface area contributed by atoms with Gasteiger partial charge in [0, 0.05) is 6.54 Å². The van der Waals surface area contributed by atoms with Crippen LogP contribution in [0.2, 0.25) is 0 Å². The van der Waals surface area contributed by atoms with Crippen LogP contribution in [0.3, 0.4) is 0 Å². The predicted octanol–water partition coefficient (Wildman–Crippen LogP) is 2.98. The largest absolute Gasteiger partial charge is 0.451 e. The summed E-state index contributed by atoms with van der Waals surface area (Å²) < 4.78 is 19.0. The fraction of sp³-hybridized carbons (Fsp3) is 0.312. The van der Waals surface area contributed by atoms with Crippen molar-refractivity contribution in [3.63, 3.8) is 0 Å². The average Bonchev–Trinajstić information content (AvgIpc) is 2.97. The molecule has 21 heavy (non-hydrogen) atoms. The number of carbonyl (C=O) groups is 1. The molecule has 1 unspecified atom stereocenters. The summed E-state index contributed by atoms with van der Waals surface area (Å²) in [5.74, 6) is -0.336. The molecular formula is C16H18FNO3. The second kappa shape index (κ2) is 7.04. The van der Waals surface area contributed by atoms with Crippen LogP contribution in [0.15, 0.2) is 40.8 Å². The van der Waals surface area contributed by atoms with Gasteiger partial charge >= 0.3 is 0 Å². The number of benzene rings is 1. The van der Waals surface area contributed by atoms with Crippen LogP contribution in [0, 0.1) is 5.82 Å². The summed E-state index contributed by atoms with van der Waals surface area (Å²) in [6.07, 6.45) is 0.716. The van der Waals surface area contributed by atoms with Crippen molar-refractivity contribution in [1.29, 1.82) is 0 Å². The highest BCUT2D eigenvalue weighted by molar-refractivity contribution is 5.92. The molecule has 112 valence electrons. The summed E-state index contributed by atoms with van der Waals surface area (Å²) in [6, 6.07) is 9.29. The van der Waals surface area contributed by atoms with E-state index in [1.165, 1.54) is 12.1 Å². The molecule has 0 aliphatic heterocycles. The molecular weight excluding hydrogens is 273 g/mol. The minimum absolute atomic E-state index is 0.124. The van der Waals surface area contributed by atoms with E-state index in [0.717, 1.165) is 0 Å². The second-order valence-electron chi connectivity index (χ2n) is 4.75. The van der Waals surface area contributed by atoms with Crippen LogP contribution in [0.4, 0.5) is 4.39 Å². The molecule has 0 radical (unpaired) electrons. The molecule has 0 spiro atoms. The number of carbonyl (C=O) groups excluding carboxylic acids is 1. The van der Waals surface area contributed by atoms with Gasteiger partial charge in [0.05, 0.1) is 11.7 Å². The van der Waals surface area contributed by atoms with Crippen LogP contribution < -0.4 is 5.32 Å². The highest BCUT2D eigenvalue weighted by atomic mass is 19.1. The van der Waals surface area contributed by atoms with E-state index in [2.05, 4.69) is 5.32 Å². The number of aliphatic hydroxyl groups excluding tert-OH is 1. The van der Waals surface area contributed by atoms with E-state index in [1.54, 1.807) is 24.3 Å². The third kappa shape index (κ3) is 3.92. The van der Waals surface area contributed by atoms with Crippen molar-refractivity contribution in [1.82, 2.24) is 5.32 Å². The van der Waals surface area contributed by atoms with Crippen molar-refractivity contribution >= 4 is 5.91 Å². The summed E-state index contributed by atoms with van der Waals surface area (Å²) in [5, 5.41) is 12.1. The van der Waals surface area contributed by atoms with Crippen molar-refractivity contribution < 1.29 is 18.7 Å². The minimum Gasteiger partial charge on any atom is -0.451 e. The molecule has 4 nitrogen and oxygen atoms in total. The quantitative estimate of drug-likeness (QED) is 0.860. The Morgan fingerprint density at radius 1 is 1.33 bits per heavy atom. The van der Waals surface area contributed by atoms with Gasteiger partial charge in [0.2, 0.25) is 0 Å². The summed E-state index contributed by atoms with van der Waals surface area (Å²) in [4.78, 5) is 11.9. The molecule has 2 aromatic rings. The zero-order valence-corrected chi connectivity index (χ0v) is 11.8. The van der Waals surface area contributed by atoms with E-state index in [1.807, 2.05) is 6.92 Å². The smallest absolute Gasteiger partial charge is 0.287 e. The Hall–Kier alpha value is -2.14. The minimum atomic E-state index is -0.420. The zero-order chi connectivity index (χ0) is 15.2. The number of amides is 1. The lowest BCUT2D eigenvalue weighted by molar-refractivity contribution is 0.0915. The summed E-state index contributed by atoms with van der Waals surface area (Å²) in [7, 11) is 0. The van der Waals surface area contributed by atoms with Gasteiger partial charge < -0.3 is 14.8 Å². The molecule has 1 aromatic carbocycles. The van der Waals surface area contributed by atoms with Gasteiger partial charge in [0.25, 0.3) is 5.91 Å². The van der Waals surface area contributed by atoms with Gasteiger partial charge in [0.15, 0.2) is 5.76 Å². The third-order valence-corrected chi connectivity index (χ3v) is 3.20. The van der Waals surface area contributed by atoms with E-state index in [9.17, 15) is 14.3 Å². The lowest BCUT2D eigenvalue weighted by Gasteiger charge is -2.07. The van der Waals surface area contributed by atoms with Crippen LogP contribution in [-0.4, -0.2) is 23.7 Å². The van der Waals surface area contributed by atoms with E-state index in [0.29, 0.717) is 30.7 Å². The first-order valence-corrected chi connectivity index (χ1v) is 6.92. The van der Waals surface area contributed by atoms with Gasteiger partial charge in [-0.15, -0.1) is 0 Å². The summed E-state index contributed by atoms with van der Waals surface area (Å²) >= 11 is 0. The number of hydrogen-bond donors (Lipinski definition) is 2. The van der Waals surface area contributed by atoms with Gasteiger partial charge in [-0.2, -0.15) is 0 Å². The Labute approximate surface area is 122 Å². The summed E-state index contributed by atoms with van der Waals surface area (Å²) in [6.45, 7) is 2.24. The highest BCUT2D eigenvalue weighted by Crippen LogP contribution is 2.24. The van der Waals surface area contributed by atoms with Gasteiger partial charge in [0.1, 0.15) is 11.6 Å². The van der Waals surface area contributed by atoms with Crippen LogP contribution in [0.1, 0.15) is 30.3 Å². The molecule has 0 bridgehead atoms. The summed E-state index contributed by atoms with van der Waals surface area (Å²) in [5.41, 5.74) is 0.318. The van der Waals surface area contributed by atoms with E-state index in [4.69, 9.17) is 4.42 Å². The maximum absolute atomic E-state index is 13.6. The van der Waals surface area contributed by atoms with Gasteiger partial charge in [-0.3, -0.25) is 4.79 Å². The lowest BCUT2D eigenvalue weighted by atomic mass is 10.1. The fourth-order valence-electron chi connectivity index (χ4n) is 1.91. The Bertz CT molecular complexity index is 609. The molecule has 2 N–H and O–H groups in total. The Kier molecular flexibility index (Phi) is 5.11. The number of nitrogens with one attached hydrogen (secondary N) is 1. The Morgan fingerprint density at radius 3 is 2.81 bits per heavy atom. The Balaban J connectivity index is 2.00. The number of hydrogen-bond acceptors (Lipinski definition) is 3. The monoisotopic (exact) mass is 291 g/mol. The van der Waals surface area contributed by atoms with Crippen LogP contribution in [0.5, 0.6) is 0 Å². The molecule has 1 heterocycles. The highest BCUT2D eigenvalue weighted by Gasteiger charge is 2.14. The van der Waals surface area contributed by atoms with Crippen LogP contribution >= 0.6 is 0 Å². The van der Waals surface area contributed by atoms with Crippen molar-refractivity contribution in [2.45, 2.75) is 25.9 Å². The first-order valence-electron chi connectivity index (χ1n) is 6.92. The molecule has 0 aliphatic rings. The van der Waals surface area contributed by atoms with Crippen molar-refractivity contribution in [2.24, 2.45) is 0 Å². The number of rotatable bonds is 6. The van der Waals surface area contributed by atoms with Gasteiger partial charge in [-0.05, 0) is 37.1 Å². The average molecular weight is 291 g/mol. The maximum Gasteiger partial charge on any atom is 0.287 e. The normalized spacial score (nSPS) is 12.1. The van der Waals surface area contributed by atoms with Gasteiger partial charge in [-0.1, -0.05) is 19.1 Å². The molecule has 1 atom stereocenters. The fourth-order valence-corrected chi connectivity index (χ4v) is 1.91. The third-order valence-electron chi connectivity index (χ3n) is 3.20. The van der Waals surface area contributed by atoms with E-state index in [-0.39, 0.29) is 11.7 Å². The standard InChI is InChI=1S/C16H18FNO3/c1-2-11(19)9-10-18-16(20)15-8-7-14(21-15)12-5-3-4-6-13(12)17/h3-8,11,19H,2,9-10H2,1H3,(H,18,20). The van der Waals surface area contributed by atoms with E-state index < -0.39 is 11.9 Å². The molecule has 5 heteroatoms. The molecule has 0 saturated carbocycles. The van der Waals surface area contributed by atoms with Crippen molar-refractivity contribution in [3.05, 3.63) is 48.0 Å². The van der Waals surface area contributed by atoms with Crippen molar-refractivity contribution in [2.75, 3.05) is 6.54 Å². The zero-order valence-electron chi connectivity index (χ0n) is 11.8. The van der Waals surface area contributed by atoms with Crippen LogP contribution in [0.25, 0.3) is 11.3 Å². The molecule has 0 fully saturated rings. The van der Waals surface area contributed by atoms with Gasteiger partial charge in [-0.25, -0.2) is 4.39 Å². The van der Waals surface area contributed by atoms with Crippen LogP contribution in [-0.2, 0) is 0 Å². The maximum atomic E-state index is 13.6. The molecule has 1 aromatic heterocycles. The predicted molar refractivity (Wildman–Crippen MR) is 77.4 cm³/mol. The topological polar surface area (TPSA) is 62.5 Å². The first-order chi connectivity index (χ1) is 10.1. The SMILES string of the molecule is CCC(O)CCNC(=O)c1ccc(-c2ccccc2F)o1. The van der Waals surface area contributed by atoms with E-state index >= 15 is 0 Å². The molecule has 1 amide bonds. The molecule has 0 saturated heterocycles. The number of aliphatic hydroxyl groups is 1. The first kappa shape index (κ1) is 15.3. The molecule has 0 aliphatic carbocycles.